The molecule has 5 heteroatoms. The number of rotatable bonds is 3. The van der Waals surface area contributed by atoms with E-state index in [1.165, 1.54) is 5.56 Å². The van der Waals surface area contributed by atoms with Crippen molar-refractivity contribution >= 4 is 21.9 Å². The van der Waals surface area contributed by atoms with Gasteiger partial charge in [0, 0.05) is 32.5 Å². The van der Waals surface area contributed by atoms with Crippen molar-refractivity contribution in [1.82, 2.24) is 9.97 Å². The molecule has 0 saturated carbocycles. The van der Waals surface area contributed by atoms with Crippen molar-refractivity contribution < 1.29 is 24.5 Å². The Morgan fingerprint density at radius 1 is 0.659 bits per heavy atom. The zero-order valence-electron chi connectivity index (χ0n) is 24.7. The number of hydrogen-bond acceptors (Lipinski definition) is 4. The Balaban J connectivity index is 0.000000248. The van der Waals surface area contributed by atoms with Crippen molar-refractivity contribution in [3.63, 3.8) is 0 Å². The van der Waals surface area contributed by atoms with Gasteiger partial charge < -0.3 is 14.4 Å². The van der Waals surface area contributed by atoms with Gasteiger partial charge >= 0.3 is 0 Å². The van der Waals surface area contributed by atoms with Crippen LogP contribution < -0.4 is 5.43 Å². The summed E-state index contributed by atoms with van der Waals surface area (Å²) in [5, 5.41) is 1.11. The second-order valence-electron chi connectivity index (χ2n) is 11.3. The minimum absolute atomic E-state index is 0. The number of fused-ring (bicyclic) bond motifs is 2. The first kappa shape index (κ1) is 30.7. The van der Waals surface area contributed by atoms with Crippen LogP contribution in [0.1, 0.15) is 26.3 Å². The molecule has 0 atom stereocenters. The maximum Gasteiger partial charge on any atom is 0.182 e. The van der Waals surface area contributed by atoms with Gasteiger partial charge in [-0.3, -0.25) is 4.79 Å². The Hall–Kier alpha value is -4.70. The van der Waals surface area contributed by atoms with Gasteiger partial charge in [0.15, 0.2) is 5.43 Å². The molecule has 0 bridgehead atoms. The Kier molecular flexibility index (Phi) is 9.29. The largest absolute Gasteiger partial charge is 0.500 e. The smallest absolute Gasteiger partial charge is 0.182 e. The number of aromatic nitrogens is 2. The van der Waals surface area contributed by atoms with Crippen molar-refractivity contribution in [1.29, 1.82) is 0 Å². The molecule has 7 rings (SSSR count). The third kappa shape index (κ3) is 6.60. The standard InChI is InChI=1S/C28H22NO2.C11H8N.Ir/c1-28(2,3)20-14-15-29-24(17-20)21-10-7-11-22-26(30)23-16-19(18-8-5-4-6-9-18)12-13-25(23)31-27(21)22;1-2-6-10(7-3-1)11-8-4-5-9-12-11;/h4-9,11-17H,1-3H3;1-6,8-9H;/q2*-1;. The van der Waals surface area contributed by atoms with Crippen LogP contribution >= 0.6 is 0 Å². The summed E-state index contributed by atoms with van der Waals surface area (Å²) in [5.74, 6) is 0. The molecule has 0 amide bonds. The van der Waals surface area contributed by atoms with E-state index in [9.17, 15) is 4.79 Å². The summed E-state index contributed by atoms with van der Waals surface area (Å²) >= 11 is 0. The van der Waals surface area contributed by atoms with Gasteiger partial charge in [0.05, 0.1) is 11.0 Å². The number of nitrogens with zero attached hydrogens (tertiary/aromatic N) is 2. The quantitative estimate of drug-likeness (QED) is 0.134. The minimum atomic E-state index is -0.0451. The topological polar surface area (TPSA) is 56.0 Å². The van der Waals surface area contributed by atoms with Gasteiger partial charge in [0.2, 0.25) is 0 Å². The molecule has 44 heavy (non-hydrogen) atoms. The van der Waals surface area contributed by atoms with Crippen LogP contribution in [-0.4, -0.2) is 9.97 Å². The molecule has 0 aliphatic rings. The van der Waals surface area contributed by atoms with Gasteiger partial charge in [-0.05, 0) is 63.1 Å². The zero-order chi connectivity index (χ0) is 29.8. The predicted octanol–water partition coefficient (Wildman–Crippen LogP) is 9.32. The maximum absolute atomic E-state index is 13.4. The molecule has 4 aromatic carbocycles. The van der Waals surface area contributed by atoms with E-state index >= 15 is 0 Å². The average molecular weight is 751 g/mol. The Labute approximate surface area is 270 Å². The van der Waals surface area contributed by atoms with Gasteiger partial charge in [0.25, 0.3) is 0 Å². The number of hydrogen-bond donors (Lipinski definition) is 0. The Morgan fingerprint density at radius 2 is 1.43 bits per heavy atom. The van der Waals surface area contributed by atoms with Crippen LogP contribution in [0.4, 0.5) is 0 Å². The van der Waals surface area contributed by atoms with Crippen molar-refractivity contribution in [2.45, 2.75) is 26.2 Å². The first-order chi connectivity index (χ1) is 20.9. The van der Waals surface area contributed by atoms with E-state index < -0.39 is 0 Å². The van der Waals surface area contributed by atoms with E-state index in [0.29, 0.717) is 27.5 Å². The van der Waals surface area contributed by atoms with Crippen LogP contribution in [0.2, 0.25) is 0 Å². The first-order valence-electron chi connectivity index (χ1n) is 14.2. The van der Waals surface area contributed by atoms with E-state index in [0.717, 1.165) is 28.1 Å². The maximum atomic E-state index is 13.4. The molecular weight excluding hydrogens is 721 g/mol. The van der Waals surface area contributed by atoms with Crippen LogP contribution in [0, 0.1) is 12.1 Å². The summed E-state index contributed by atoms with van der Waals surface area (Å²) in [6.45, 7) is 6.49. The predicted molar refractivity (Wildman–Crippen MR) is 175 cm³/mol. The van der Waals surface area contributed by atoms with Crippen LogP contribution in [0.15, 0.2) is 137 Å². The van der Waals surface area contributed by atoms with E-state index in [4.69, 9.17) is 4.42 Å². The second-order valence-corrected chi connectivity index (χ2v) is 11.3. The summed E-state index contributed by atoms with van der Waals surface area (Å²) in [7, 11) is 0. The Bertz CT molecular complexity index is 2030. The zero-order valence-corrected chi connectivity index (χ0v) is 27.1. The molecule has 0 saturated heterocycles. The molecule has 0 fully saturated rings. The van der Waals surface area contributed by atoms with E-state index in [1.54, 1.807) is 24.5 Å². The normalized spacial score (nSPS) is 11.0. The fraction of sp³-hybridized carbons (Fsp3) is 0.103. The van der Waals surface area contributed by atoms with Gasteiger partial charge in [-0.15, -0.1) is 54.1 Å². The van der Waals surface area contributed by atoms with Gasteiger partial charge in [0.1, 0.15) is 5.58 Å². The molecule has 0 unspecified atom stereocenters. The van der Waals surface area contributed by atoms with Crippen molar-refractivity contribution in [3.05, 3.63) is 156 Å². The van der Waals surface area contributed by atoms with Gasteiger partial charge in [-0.2, -0.15) is 0 Å². The molecule has 7 aromatic rings. The summed E-state index contributed by atoms with van der Waals surface area (Å²) in [6, 6.07) is 43.5. The van der Waals surface area contributed by atoms with E-state index in [2.05, 4.69) is 42.9 Å². The molecular formula is C39H30IrN2O2-2. The number of pyridine rings is 2. The SMILES string of the molecule is CC(C)(C)c1ccnc(-c2[c-]ccc3c(=O)c4cc(-c5ccccc5)ccc4oc23)c1.[Ir].[c-]1ccccc1-c1ccccn1. The molecule has 0 aliphatic heterocycles. The van der Waals surface area contributed by atoms with E-state index in [-0.39, 0.29) is 30.9 Å². The van der Waals surface area contributed by atoms with Crippen LogP contribution in [0.25, 0.3) is 55.6 Å². The second kappa shape index (κ2) is 13.3. The average Bonchev–Trinajstić information content (AvgIpc) is 3.06. The van der Waals surface area contributed by atoms with Gasteiger partial charge in [-0.25, -0.2) is 0 Å². The molecule has 4 nitrogen and oxygen atoms in total. The van der Waals surface area contributed by atoms with Crippen molar-refractivity contribution in [2.75, 3.05) is 0 Å². The summed E-state index contributed by atoms with van der Waals surface area (Å²) in [5.41, 5.74) is 7.71. The fourth-order valence-corrected chi connectivity index (χ4v) is 4.93. The molecule has 0 spiro atoms. The summed E-state index contributed by atoms with van der Waals surface area (Å²) < 4.78 is 6.26. The molecule has 219 valence electrons. The molecule has 0 aliphatic carbocycles. The molecule has 1 radical (unpaired) electrons. The Morgan fingerprint density at radius 3 is 2.16 bits per heavy atom. The van der Waals surface area contributed by atoms with Crippen LogP contribution in [0.3, 0.4) is 0 Å². The minimum Gasteiger partial charge on any atom is -0.500 e. The summed E-state index contributed by atoms with van der Waals surface area (Å²) in [4.78, 5) is 22.1. The molecule has 3 aromatic heterocycles. The number of benzene rings is 4. The molecule has 0 N–H and O–H groups in total. The van der Waals surface area contributed by atoms with Gasteiger partial charge in [-0.1, -0.05) is 80.9 Å². The van der Waals surface area contributed by atoms with E-state index in [1.807, 2.05) is 103 Å². The summed E-state index contributed by atoms with van der Waals surface area (Å²) in [6.07, 6.45) is 3.59. The van der Waals surface area contributed by atoms with Crippen LogP contribution in [-0.2, 0) is 25.5 Å². The van der Waals surface area contributed by atoms with Crippen LogP contribution in [0.5, 0.6) is 0 Å². The molecule has 3 heterocycles. The first-order valence-corrected chi connectivity index (χ1v) is 14.2. The third-order valence-electron chi connectivity index (χ3n) is 7.27. The third-order valence-corrected chi connectivity index (χ3v) is 7.27. The monoisotopic (exact) mass is 751 g/mol. The van der Waals surface area contributed by atoms with Crippen molar-refractivity contribution in [2.24, 2.45) is 0 Å². The fourth-order valence-electron chi connectivity index (χ4n) is 4.93. The van der Waals surface area contributed by atoms with Crippen molar-refractivity contribution in [3.8, 4) is 33.6 Å².